The van der Waals surface area contributed by atoms with Gasteiger partial charge >= 0.3 is 0 Å². The molecule has 0 bridgehead atoms. The van der Waals surface area contributed by atoms with Crippen LogP contribution in [0, 0.1) is 0 Å². The van der Waals surface area contributed by atoms with E-state index in [1.165, 1.54) is 6.26 Å². The molecular formula is C16H23N3O4. The smallest absolute Gasteiger partial charge is 0.289 e. The third-order valence-corrected chi connectivity index (χ3v) is 4.78. The van der Waals surface area contributed by atoms with E-state index >= 15 is 0 Å². The van der Waals surface area contributed by atoms with E-state index in [0.29, 0.717) is 44.8 Å². The van der Waals surface area contributed by atoms with Crippen LogP contribution in [0.2, 0.25) is 0 Å². The van der Waals surface area contributed by atoms with Gasteiger partial charge in [0.2, 0.25) is 0 Å². The van der Waals surface area contributed by atoms with Gasteiger partial charge in [-0.25, -0.2) is 0 Å². The van der Waals surface area contributed by atoms with Crippen molar-refractivity contribution in [2.75, 3.05) is 46.4 Å². The number of methoxy groups -OCH3 is 1. The molecule has 2 aliphatic rings. The summed E-state index contributed by atoms with van der Waals surface area (Å²) >= 11 is 0. The Morgan fingerprint density at radius 3 is 2.39 bits per heavy atom. The highest BCUT2D eigenvalue weighted by Crippen LogP contribution is 2.26. The number of ether oxygens (including phenoxy) is 1. The molecule has 0 saturated carbocycles. The van der Waals surface area contributed by atoms with Gasteiger partial charge in [0.25, 0.3) is 11.8 Å². The van der Waals surface area contributed by atoms with Gasteiger partial charge in [-0.05, 0) is 38.1 Å². The molecule has 2 fully saturated rings. The minimum Gasteiger partial charge on any atom is -0.459 e. The minimum atomic E-state index is -0.710. The second-order valence-corrected chi connectivity index (χ2v) is 6.01. The number of amides is 2. The Bertz CT molecular complexity index is 544. The van der Waals surface area contributed by atoms with Crippen LogP contribution in [-0.4, -0.2) is 73.6 Å². The van der Waals surface area contributed by atoms with Crippen LogP contribution in [0.5, 0.6) is 0 Å². The maximum atomic E-state index is 12.9. The van der Waals surface area contributed by atoms with Gasteiger partial charge in [-0.15, -0.1) is 0 Å². The van der Waals surface area contributed by atoms with Crippen LogP contribution in [0.3, 0.4) is 0 Å². The fraction of sp³-hybridized carbons (Fsp3) is 0.625. The van der Waals surface area contributed by atoms with E-state index in [-0.39, 0.29) is 11.8 Å². The topological polar surface area (TPSA) is 75.0 Å². The Kier molecular flexibility index (Phi) is 4.68. The molecule has 3 heterocycles. The molecule has 2 amide bonds. The normalized spacial score (nSPS) is 21.3. The first-order valence-electron chi connectivity index (χ1n) is 8.04. The summed E-state index contributed by atoms with van der Waals surface area (Å²) in [4.78, 5) is 28.7. The molecule has 3 rings (SSSR count). The van der Waals surface area contributed by atoms with Crippen molar-refractivity contribution in [1.29, 1.82) is 0 Å². The Labute approximate surface area is 135 Å². The van der Waals surface area contributed by atoms with Crippen LogP contribution in [-0.2, 0) is 9.53 Å². The molecule has 1 aromatic rings. The average molecular weight is 321 g/mol. The lowest BCUT2D eigenvalue weighted by Gasteiger charge is -2.42. The van der Waals surface area contributed by atoms with Gasteiger partial charge in [-0.2, -0.15) is 0 Å². The Balaban J connectivity index is 1.60. The molecule has 23 heavy (non-hydrogen) atoms. The van der Waals surface area contributed by atoms with Crippen LogP contribution >= 0.6 is 0 Å². The fourth-order valence-electron chi connectivity index (χ4n) is 3.29. The zero-order chi connectivity index (χ0) is 16.3. The van der Waals surface area contributed by atoms with E-state index in [4.69, 9.17) is 9.15 Å². The molecule has 2 aliphatic heterocycles. The monoisotopic (exact) mass is 321 g/mol. The molecule has 0 atom stereocenters. The first kappa shape index (κ1) is 16.0. The summed E-state index contributed by atoms with van der Waals surface area (Å²) in [5.74, 6) is 0.272. The summed E-state index contributed by atoms with van der Waals surface area (Å²) < 4.78 is 10.8. The molecule has 126 valence electrons. The first-order chi connectivity index (χ1) is 11.2. The number of nitrogens with one attached hydrogen (secondary N) is 1. The first-order valence-corrected chi connectivity index (χ1v) is 8.04. The predicted octanol–water partition coefficient (Wildman–Crippen LogP) is 0.333. The van der Waals surface area contributed by atoms with Crippen molar-refractivity contribution in [3.05, 3.63) is 24.2 Å². The molecule has 1 N–H and O–H groups in total. The molecule has 0 aliphatic carbocycles. The van der Waals surface area contributed by atoms with E-state index in [0.717, 1.165) is 13.1 Å². The van der Waals surface area contributed by atoms with E-state index in [9.17, 15) is 9.59 Å². The summed E-state index contributed by atoms with van der Waals surface area (Å²) in [6.07, 6.45) is 2.87. The second-order valence-electron chi connectivity index (χ2n) is 6.01. The molecule has 7 heteroatoms. The van der Waals surface area contributed by atoms with Crippen molar-refractivity contribution in [2.24, 2.45) is 0 Å². The van der Waals surface area contributed by atoms with E-state index in [1.54, 1.807) is 24.1 Å². The van der Waals surface area contributed by atoms with Gasteiger partial charge in [0.05, 0.1) is 6.26 Å². The third kappa shape index (κ3) is 3.11. The Hall–Kier alpha value is -1.86. The van der Waals surface area contributed by atoms with Gasteiger partial charge in [-0.1, -0.05) is 0 Å². The average Bonchev–Trinajstić information content (AvgIpc) is 3.16. The molecule has 0 aromatic carbocycles. The number of piperazine rings is 1. The number of furan rings is 1. The maximum absolute atomic E-state index is 12.9. The van der Waals surface area contributed by atoms with E-state index < -0.39 is 5.60 Å². The lowest BCUT2D eigenvalue weighted by Crippen LogP contribution is -2.59. The molecule has 0 spiro atoms. The predicted molar refractivity (Wildman–Crippen MR) is 83.0 cm³/mol. The van der Waals surface area contributed by atoms with Gasteiger partial charge in [0, 0.05) is 33.3 Å². The van der Waals surface area contributed by atoms with Gasteiger partial charge < -0.3 is 24.3 Å². The molecule has 0 radical (unpaired) electrons. The zero-order valence-electron chi connectivity index (χ0n) is 13.4. The highest BCUT2D eigenvalue weighted by Gasteiger charge is 2.43. The van der Waals surface area contributed by atoms with E-state index in [2.05, 4.69) is 5.32 Å². The summed E-state index contributed by atoms with van der Waals surface area (Å²) in [5.41, 5.74) is -0.710. The van der Waals surface area contributed by atoms with Crippen molar-refractivity contribution < 1.29 is 18.7 Å². The van der Waals surface area contributed by atoms with Crippen molar-refractivity contribution in [3.8, 4) is 0 Å². The van der Waals surface area contributed by atoms with Crippen LogP contribution in [0.25, 0.3) is 0 Å². The lowest BCUT2D eigenvalue weighted by molar-refractivity contribution is -0.159. The summed E-state index contributed by atoms with van der Waals surface area (Å²) in [7, 11) is 1.61. The second kappa shape index (κ2) is 6.72. The quantitative estimate of drug-likeness (QED) is 0.868. The zero-order valence-corrected chi connectivity index (χ0v) is 13.4. The van der Waals surface area contributed by atoms with Gasteiger partial charge in [0.15, 0.2) is 5.76 Å². The largest absolute Gasteiger partial charge is 0.459 e. The minimum absolute atomic E-state index is 0.0478. The standard InChI is InChI=1S/C16H23N3O4/c1-22-16(4-6-17-7-5-16)15(21)19-10-8-18(9-11-19)14(20)13-3-2-12-23-13/h2-3,12,17H,4-11H2,1H3. The van der Waals surface area contributed by atoms with Crippen LogP contribution in [0.4, 0.5) is 0 Å². The van der Waals surface area contributed by atoms with Gasteiger partial charge in [0.1, 0.15) is 5.60 Å². The van der Waals surface area contributed by atoms with Crippen LogP contribution in [0.1, 0.15) is 23.4 Å². The third-order valence-electron chi connectivity index (χ3n) is 4.78. The van der Waals surface area contributed by atoms with Crippen LogP contribution < -0.4 is 5.32 Å². The fourth-order valence-corrected chi connectivity index (χ4v) is 3.29. The summed E-state index contributed by atoms with van der Waals surface area (Å²) in [5, 5.41) is 3.26. The highest BCUT2D eigenvalue weighted by molar-refractivity contribution is 5.92. The summed E-state index contributed by atoms with van der Waals surface area (Å²) in [6.45, 7) is 3.67. The number of carbonyl (C=O) groups is 2. The van der Waals surface area contributed by atoms with Crippen LogP contribution in [0.15, 0.2) is 22.8 Å². The van der Waals surface area contributed by atoms with Crippen molar-refractivity contribution in [2.45, 2.75) is 18.4 Å². The lowest BCUT2D eigenvalue weighted by atomic mass is 9.90. The summed E-state index contributed by atoms with van der Waals surface area (Å²) in [6, 6.07) is 3.36. The Morgan fingerprint density at radius 1 is 1.17 bits per heavy atom. The Morgan fingerprint density at radius 2 is 1.83 bits per heavy atom. The number of hydrogen-bond donors (Lipinski definition) is 1. The highest BCUT2D eigenvalue weighted by atomic mass is 16.5. The number of piperidine rings is 1. The number of rotatable bonds is 3. The molecule has 7 nitrogen and oxygen atoms in total. The van der Waals surface area contributed by atoms with Crippen molar-refractivity contribution >= 4 is 11.8 Å². The SMILES string of the molecule is COC1(C(=O)N2CCN(C(=O)c3ccco3)CC2)CCNCC1. The van der Waals surface area contributed by atoms with Gasteiger partial charge in [-0.3, -0.25) is 9.59 Å². The van der Waals surface area contributed by atoms with Crippen molar-refractivity contribution in [1.82, 2.24) is 15.1 Å². The number of hydrogen-bond acceptors (Lipinski definition) is 5. The van der Waals surface area contributed by atoms with Crippen molar-refractivity contribution in [3.63, 3.8) is 0 Å². The van der Waals surface area contributed by atoms with E-state index in [1.807, 2.05) is 4.90 Å². The maximum Gasteiger partial charge on any atom is 0.289 e. The molecular weight excluding hydrogens is 298 g/mol. The molecule has 1 aromatic heterocycles. The number of nitrogens with zero attached hydrogens (tertiary/aromatic N) is 2. The molecule has 2 saturated heterocycles. The number of carbonyl (C=O) groups excluding carboxylic acids is 2. The molecule has 0 unspecified atom stereocenters.